The number of carbonyl (C=O) groups excluding carboxylic acids is 1. The summed E-state index contributed by atoms with van der Waals surface area (Å²) in [4.78, 5) is 12.4. The predicted molar refractivity (Wildman–Crippen MR) is 96.0 cm³/mol. The van der Waals surface area contributed by atoms with Crippen LogP contribution in [0.5, 0.6) is 0 Å². The average Bonchev–Trinajstić information content (AvgIpc) is 3.26. The van der Waals surface area contributed by atoms with Crippen molar-refractivity contribution in [2.24, 2.45) is 0 Å². The molecular formula is C19H18ClN3O3. The van der Waals surface area contributed by atoms with Crippen LogP contribution in [-0.4, -0.2) is 20.7 Å². The second-order valence-corrected chi connectivity index (χ2v) is 6.91. The van der Waals surface area contributed by atoms with Gasteiger partial charge in [-0.1, -0.05) is 11.6 Å². The fourth-order valence-electron chi connectivity index (χ4n) is 3.10. The first-order valence-corrected chi connectivity index (χ1v) is 8.84. The summed E-state index contributed by atoms with van der Waals surface area (Å²) >= 11 is 5.87. The van der Waals surface area contributed by atoms with E-state index in [1.54, 1.807) is 24.3 Å². The van der Waals surface area contributed by atoms with E-state index >= 15 is 0 Å². The van der Waals surface area contributed by atoms with Crippen molar-refractivity contribution in [3.05, 3.63) is 58.2 Å². The zero-order valence-corrected chi connectivity index (χ0v) is 15.3. The minimum absolute atomic E-state index is 0.0630. The smallest absolute Gasteiger partial charge is 0.340 e. The zero-order valence-electron chi connectivity index (χ0n) is 14.5. The zero-order chi connectivity index (χ0) is 18.3. The van der Waals surface area contributed by atoms with Gasteiger partial charge in [0.15, 0.2) is 6.61 Å². The fourth-order valence-corrected chi connectivity index (χ4v) is 3.23. The minimum atomic E-state index is -0.378. The molecule has 0 bridgehead atoms. The third-order valence-electron chi connectivity index (χ3n) is 4.50. The highest BCUT2D eigenvalue weighted by Crippen LogP contribution is 2.38. The predicted octanol–water partition coefficient (Wildman–Crippen LogP) is 4.50. The number of aryl methyl sites for hydroxylation is 1. The molecule has 7 heteroatoms. The lowest BCUT2D eigenvalue weighted by atomic mass is 10.2. The van der Waals surface area contributed by atoms with Crippen molar-refractivity contribution in [1.82, 2.24) is 14.8 Å². The number of nitrogens with zero attached hydrogens (tertiary/aromatic N) is 3. The average molecular weight is 372 g/mol. The number of rotatable bonds is 5. The van der Waals surface area contributed by atoms with Crippen molar-refractivity contribution in [1.29, 1.82) is 0 Å². The van der Waals surface area contributed by atoms with Gasteiger partial charge in [-0.15, -0.1) is 10.2 Å². The van der Waals surface area contributed by atoms with E-state index in [1.807, 2.05) is 19.9 Å². The summed E-state index contributed by atoms with van der Waals surface area (Å²) in [5, 5.41) is 8.54. The SMILES string of the molecule is Cc1cc(C(=O)OCc2nnc(-c3ccc(Cl)cc3)o2)c(C)n1C1CC1. The molecule has 0 saturated heterocycles. The largest absolute Gasteiger partial charge is 0.452 e. The monoisotopic (exact) mass is 371 g/mol. The first-order valence-electron chi connectivity index (χ1n) is 8.47. The van der Waals surface area contributed by atoms with Gasteiger partial charge in [0.05, 0.1) is 5.56 Å². The molecule has 134 valence electrons. The van der Waals surface area contributed by atoms with Crippen molar-refractivity contribution < 1.29 is 13.9 Å². The van der Waals surface area contributed by atoms with E-state index in [2.05, 4.69) is 14.8 Å². The summed E-state index contributed by atoms with van der Waals surface area (Å²) in [7, 11) is 0. The molecule has 0 radical (unpaired) electrons. The normalized spacial score (nSPS) is 13.8. The van der Waals surface area contributed by atoms with E-state index in [4.69, 9.17) is 20.8 Å². The molecule has 6 nitrogen and oxygen atoms in total. The number of hydrogen-bond acceptors (Lipinski definition) is 5. The molecule has 1 aliphatic carbocycles. The first-order chi connectivity index (χ1) is 12.5. The summed E-state index contributed by atoms with van der Waals surface area (Å²) in [5.74, 6) is 0.232. The molecule has 1 aromatic carbocycles. The molecule has 0 atom stereocenters. The number of carbonyl (C=O) groups is 1. The lowest BCUT2D eigenvalue weighted by Crippen LogP contribution is -2.07. The first kappa shape index (κ1) is 16.8. The molecule has 4 rings (SSSR count). The Labute approximate surface area is 155 Å². The van der Waals surface area contributed by atoms with Gasteiger partial charge >= 0.3 is 5.97 Å². The number of esters is 1. The van der Waals surface area contributed by atoms with Crippen molar-refractivity contribution in [2.45, 2.75) is 39.3 Å². The molecule has 0 unspecified atom stereocenters. The molecule has 1 fully saturated rings. The summed E-state index contributed by atoms with van der Waals surface area (Å²) in [6.07, 6.45) is 2.33. The lowest BCUT2D eigenvalue weighted by molar-refractivity contribution is 0.0437. The van der Waals surface area contributed by atoms with Crippen LogP contribution < -0.4 is 0 Å². The topological polar surface area (TPSA) is 70.2 Å². The maximum absolute atomic E-state index is 12.4. The van der Waals surface area contributed by atoms with Crippen LogP contribution in [0, 0.1) is 13.8 Å². The Balaban J connectivity index is 1.44. The number of ether oxygens (including phenoxy) is 1. The third kappa shape index (κ3) is 3.24. The van der Waals surface area contributed by atoms with Crippen LogP contribution in [-0.2, 0) is 11.3 Å². The van der Waals surface area contributed by atoms with E-state index in [-0.39, 0.29) is 18.5 Å². The summed E-state index contributed by atoms with van der Waals surface area (Å²) in [6.45, 7) is 3.90. The van der Waals surface area contributed by atoms with Crippen LogP contribution in [0.25, 0.3) is 11.5 Å². The molecule has 0 aliphatic heterocycles. The number of halogens is 1. The highest BCUT2D eigenvalue weighted by Gasteiger charge is 2.28. The van der Waals surface area contributed by atoms with Gasteiger partial charge in [0, 0.05) is 28.0 Å². The molecule has 0 N–H and O–H groups in total. The van der Waals surface area contributed by atoms with Crippen molar-refractivity contribution in [2.75, 3.05) is 0 Å². The highest BCUT2D eigenvalue weighted by molar-refractivity contribution is 6.30. The molecule has 1 aliphatic rings. The van der Waals surface area contributed by atoms with Gasteiger partial charge in [-0.3, -0.25) is 0 Å². The molecule has 1 saturated carbocycles. The van der Waals surface area contributed by atoms with Crippen LogP contribution in [0.4, 0.5) is 0 Å². The van der Waals surface area contributed by atoms with Gasteiger partial charge < -0.3 is 13.7 Å². The number of aromatic nitrogens is 3. The van der Waals surface area contributed by atoms with Gasteiger partial charge in [-0.05, 0) is 57.0 Å². The molecule has 2 heterocycles. The van der Waals surface area contributed by atoms with E-state index < -0.39 is 0 Å². The molecule has 0 spiro atoms. The van der Waals surface area contributed by atoms with E-state index in [0.29, 0.717) is 22.5 Å². The molecule has 0 amide bonds. The minimum Gasteiger partial charge on any atom is -0.452 e. The summed E-state index contributed by atoms with van der Waals surface area (Å²) < 4.78 is 13.1. The second kappa shape index (κ2) is 6.61. The van der Waals surface area contributed by atoms with Crippen LogP contribution >= 0.6 is 11.6 Å². The number of benzene rings is 1. The lowest BCUT2D eigenvalue weighted by Gasteiger charge is -2.07. The van der Waals surface area contributed by atoms with Crippen molar-refractivity contribution >= 4 is 17.6 Å². The van der Waals surface area contributed by atoms with Crippen LogP contribution in [0.15, 0.2) is 34.7 Å². The maximum Gasteiger partial charge on any atom is 0.340 e. The van der Waals surface area contributed by atoms with Crippen molar-refractivity contribution in [3.63, 3.8) is 0 Å². The molecule has 26 heavy (non-hydrogen) atoms. The quantitative estimate of drug-likeness (QED) is 0.617. The van der Waals surface area contributed by atoms with E-state index in [0.717, 1.165) is 17.0 Å². The fraction of sp³-hybridized carbons (Fsp3) is 0.316. The van der Waals surface area contributed by atoms with Crippen LogP contribution in [0.2, 0.25) is 5.02 Å². The third-order valence-corrected chi connectivity index (χ3v) is 4.75. The molecule has 3 aromatic rings. The summed E-state index contributed by atoms with van der Waals surface area (Å²) in [5.41, 5.74) is 3.38. The van der Waals surface area contributed by atoms with E-state index in [1.165, 1.54) is 12.8 Å². The van der Waals surface area contributed by atoms with Crippen LogP contribution in [0.3, 0.4) is 0 Å². The Hall–Kier alpha value is -2.60. The highest BCUT2D eigenvalue weighted by atomic mass is 35.5. The van der Waals surface area contributed by atoms with E-state index in [9.17, 15) is 4.79 Å². The van der Waals surface area contributed by atoms with Gasteiger partial charge in [-0.25, -0.2) is 4.79 Å². The molecule has 2 aromatic heterocycles. The number of hydrogen-bond donors (Lipinski definition) is 0. The second-order valence-electron chi connectivity index (χ2n) is 6.47. The summed E-state index contributed by atoms with van der Waals surface area (Å²) in [6, 6.07) is 9.47. The maximum atomic E-state index is 12.4. The van der Waals surface area contributed by atoms with Gasteiger partial charge in [0.1, 0.15) is 0 Å². The van der Waals surface area contributed by atoms with Crippen molar-refractivity contribution in [3.8, 4) is 11.5 Å². The van der Waals surface area contributed by atoms with Gasteiger partial charge in [0.2, 0.25) is 5.89 Å². The Morgan fingerprint density at radius 1 is 1.27 bits per heavy atom. The Morgan fingerprint density at radius 2 is 2.00 bits per heavy atom. The Bertz CT molecular complexity index is 955. The molecular weight excluding hydrogens is 354 g/mol. The van der Waals surface area contributed by atoms with Crippen LogP contribution in [0.1, 0.15) is 46.5 Å². The van der Waals surface area contributed by atoms with Gasteiger partial charge in [-0.2, -0.15) is 0 Å². The standard InChI is InChI=1S/C19H18ClN3O3/c1-11-9-16(12(2)23(11)15-7-8-15)19(24)25-10-17-21-22-18(26-17)13-3-5-14(20)6-4-13/h3-6,9,15H,7-8,10H2,1-2H3. The van der Waals surface area contributed by atoms with Gasteiger partial charge in [0.25, 0.3) is 5.89 Å². The Kier molecular flexibility index (Phi) is 4.28. The Morgan fingerprint density at radius 3 is 2.69 bits per heavy atom.